The van der Waals surface area contributed by atoms with Crippen LogP contribution in [0.1, 0.15) is 10.4 Å². The van der Waals surface area contributed by atoms with Crippen molar-refractivity contribution in [3.05, 3.63) is 96.7 Å². The van der Waals surface area contributed by atoms with Crippen molar-refractivity contribution in [2.45, 2.75) is 0 Å². The molecule has 0 bridgehead atoms. The molecule has 1 aliphatic heterocycles. The first-order chi connectivity index (χ1) is 15.7. The largest absolute Gasteiger partial charge is 0.368 e. The fourth-order valence-corrected chi connectivity index (χ4v) is 3.95. The van der Waals surface area contributed by atoms with Gasteiger partial charge in [-0.05, 0) is 48.5 Å². The van der Waals surface area contributed by atoms with Crippen LogP contribution in [-0.4, -0.2) is 51.8 Å². The van der Waals surface area contributed by atoms with Gasteiger partial charge < -0.3 is 9.80 Å². The number of rotatable bonds is 4. The second-order valence-electron chi connectivity index (χ2n) is 7.67. The zero-order valence-corrected chi connectivity index (χ0v) is 17.4. The smallest absolute Gasteiger partial charge is 0.257 e. The van der Waals surface area contributed by atoms with Gasteiger partial charge in [-0.3, -0.25) is 9.78 Å². The van der Waals surface area contributed by atoms with Gasteiger partial charge in [-0.15, -0.1) is 0 Å². The summed E-state index contributed by atoms with van der Waals surface area (Å²) in [7, 11) is 0. The van der Waals surface area contributed by atoms with Gasteiger partial charge in [-0.25, -0.2) is 9.07 Å². The van der Waals surface area contributed by atoms with E-state index in [1.165, 1.54) is 12.1 Å². The number of piperazine rings is 1. The average molecular weight is 427 g/mol. The van der Waals surface area contributed by atoms with E-state index in [9.17, 15) is 9.18 Å². The Morgan fingerprint density at radius 3 is 2.28 bits per heavy atom. The summed E-state index contributed by atoms with van der Waals surface area (Å²) in [4.78, 5) is 21.7. The van der Waals surface area contributed by atoms with Gasteiger partial charge in [-0.2, -0.15) is 5.10 Å². The summed E-state index contributed by atoms with van der Waals surface area (Å²) in [5.41, 5.74) is 3.82. The molecular formula is C25H22FN5O. The number of carbonyl (C=O) groups excluding carboxylic acids is 1. The predicted octanol–water partition coefficient (Wildman–Crippen LogP) is 4.04. The molecule has 3 heterocycles. The van der Waals surface area contributed by atoms with Crippen LogP contribution in [0.4, 0.5) is 10.1 Å². The highest BCUT2D eigenvalue weighted by Crippen LogP contribution is 2.25. The monoisotopic (exact) mass is 427 g/mol. The lowest BCUT2D eigenvalue weighted by molar-refractivity contribution is 0.0747. The maximum atomic E-state index is 13.5. The van der Waals surface area contributed by atoms with E-state index < -0.39 is 0 Å². The molecule has 7 heteroatoms. The number of benzene rings is 2. The van der Waals surface area contributed by atoms with E-state index in [0.717, 1.165) is 16.9 Å². The van der Waals surface area contributed by atoms with E-state index in [1.807, 2.05) is 47.4 Å². The highest BCUT2D eigenvalue weighted by atomic mass is 19.1. The van der Waals surface area contributed by atoms with Crippen LogP contribution in [0.2, 0.25) is 0 Å². The first-order valence-electron chi connectivity index (χ1n) is 10.5. The molecule has 1 saturated heterocycles. The molecule has 160 valence electrons. The fraction of sp³-hybridized carbons (Fsp3) is 0.160. The summed E-state index contributed by atoms with van der Waals surface area (Å²) in [6.07, 6.45) is 5.22. The van der Waals surface area contributed by atoms with Crippen LogP contribution in [0, 0.1) is 5.82 Å². The number of nitrogens with zero attached hydrogens (tertiary/aromatic N) is 5. The molecule has 1 aliphatic rings. The van der Waals surface area contributed by atoms with E-state index in [-0.39, 0.29) is 11.7 Å². The zero-order valence-electron chi connectivity index (χ0n) is 17.4. The van der Waals surface area contributed by atoms with Gasteiger partial charge in [0, 0.05) is 56.0 Å². The standard InChI is InChI=1S/C25H22FN5O/c26-20-8-10-21(11-9-20)29-13-15-30(16-14-29)25(32)23-18-31(22-6-2-1-3-7-22)28-24(23)19-5-4-12-27-17-19/h1-12,17-18H,13-16H2. The lowest BCUT2D eigenvalue weighted by Crippen LogP contribution is -2.48. The number of carbonyl (C=O) groups is 1. The average Bonchev–Trinajstić information content (AvgIpc) is 3.31. The molecule has 0 radical (unpaired) electrons. The third-order valence-electron chi connectivity index (χ3n) is 5.66. The SMILES string of the molecule is O=C(c1cn(-c2ccccc2)nc1-c1cccnc1)N1CCN(c2ccc(F)cc2)CC1. The maximum absolute atomic E-state index is 13.5. The van der Waals surface area contributed by atoms with Crippen LogP contribution in [0.3, 0.4) is 0 Å². The van der Waals surface area contributed by atoms with E-state index in [1.54, 1.807) is 35.4 Å². The van der Waals surface area contributed by atoms with Gasteiger partial charge in [-0.1, -0.05) is 18.2 Å². The summed E-state index contributed by atoms with van der Waals surface area (Å²) in [5, 5.41) is 4.72. The Labute approximate surface area is 185 Å². The number of para-hydroxylation sites is 1. The van der Waals surface area contributed by atoms with Gasteiger partial charge in [0.05, 0.1) is 11.3 Å². The highest BCUT2D eigenvalue weighted by molar-refractivity contribution is 6.00. The van der Waals surface area contributed by atoms with Crippen LogP contribution in [0.5, 0.6) is 0 Å². The molecule has 32 heavy (non-hydrogen) atoms. The second-order valence-corrected chi connectivity index (χ2v) is 7.67. The Bertz CT molecular complexity index is 1200. The van der Waals surface area contributed by atoms with Crippen molar-refractivity contribution in [1.82, 2.24) is 19.7 Å². The molecule has 2 aromatic heterocycles. The molecule has 0 saturated carbocycles. The van der Waals surface area contributed by atoms with Crippen LogP contribution < -0.4 is 4.90 Å². The molecule has 6 nitrogen and oxygen atoms in total. The molecule has 0 atom stereocenters. The summed E-state index contributed by atoms with van der Waals surface area (Å²) < 4.78 is 15.0. The molecule has 0 unspecified atom stereocenters. The fourth-order valence-electron chi connectivity index (χ4n) is 3.95. The number of hydrogen-bond acceptors (Lipinski definition) is 4. The van der Waals surface area contributed by atoms with Gasteiger partial charge in [0.2, 0.25) is 0 Å². The van der Waals surface area contributed by atoms with Gasteiger partial charge in [0.25, 0.3) is 5.91 Å². The number of halogens is 1. The van der Waals surface area contributed by atoms with Crippen molar-refractivity contribution in [1.29, 1.82) is 0 Å². The quantitative estimate of drug-likeness (QED) is 0.493. The summed E-state index contributed by atoms with van der Waals surface area (Å²) in [6.45, 7) is 2.54. The number of pyridine rings is 1. The summed E-state index contributed by atoms with van der Waals surface area (Å²) in [6, 6.07) is 20.0. The minimum atomic E-state index is -0.249. The Kier molecular flexibility index (Phi) is 5.37. The van der Waals surface area contributed by atoms with Crippen molar-refractivity contribution >= 4 is 11.6 Å². The molecule has 2 aromatic carbocycles. The van der Waals surface area contributed by atoms with Crippen molar-refractivity contribution in [3.8, 4) is 16.9 Å². The normalized spacial score (nSPS) is 13.9. The van der Waals surface area contributed by atoms with Gasteiger partial charge >= 0.3 is 0 Å². The zero-order chi connectivity index (χ0) is 21.9. The first kappa shape index (κ1) is 19.9. The van der Waals surface area contributed by atoms with Crippen molar-refractivity contribution < 1.29 is 9.18 Å². The minimum absolute atomic E-state index is 0.0511. The van der Waals surface area contributed by atoms with E-state index in [0.29, 0.717) is 37.4 Å². The Morgan fingerprint density at radius 2 is 1.59 bits per heavy atom. The topological polar surface area (TPSA) is 54.3 Å². The molecule has 5 rings (SSSR count). The van der Waals surface area contributed by atoms with Crippen molar-refractivity contribution in [3.63, 3.8) is 0 Å². The predicted molar refractivity (Wildman–Crippen MR) is 121 cm³/mol. The third-order valence-corrected chi connectivity index (χ3v) is 5.66. The lowest BCUT2D eigenvalue weighted by Gasteiger charge is -2.36. The van der Waals surface area contributed by atoms with E-state index in [2.05, 4.69) is 9.88 Å². The number of hydrogen-bond donors (Lipinski definition) is 0. The maximum Gasteiger partial charge on any atom is 0.257 e. The lowest BCUT2D eigenvalue weighted by atomic mass is 10.1. The van der Waals surface area contributed by atoms with E-state index in [4.69, 9.17) is 5.10 Å². The molecule has 0 aliphatic carbocycles. The number of aromatic nitrogens is 3. The number of anilines is 1. The molecule has 0 N–H and O–H groups in total. The summed E-state index contributed by atoms with van der Waals surface area (Å²) >= 11 is 0. The third kappa shape index (κ3) is 3.97. The Hall–Kier alpha value is -4.00. The first-order valence-corrected chi connectivity index (χ1v) is 10.5. The van der Waals surface area contributed by atoms with Crippen LogP contribution in [-0.2, 0) is 0 Å². The van der Waals surface area contributed by atoms with Crippen LogP contribution >= 0.6 is 0 Å². The van der Waals surface area contributed by atoms with Crippen LogP contribution in [0.25, 0.3) is 16.9 Å². The Morgan fingerprint density at radius 1 is 0.844 bits per heavy atom. The van der Waals surface area contributed by atoms with E-state index >= 15 is 0 Å². The Balaban J connectivity index is 1.40. The molecule has 1 fully saturated rings. The molecular weight excluding hydrogens is 405 g/mol. The summed E-state index contributed by atoms with van der Waals surface area (Å²) in [5.74, 6) is -0.300. The minimum Gasteiger partial charge on any atom is -0.368 e. The second kappa shape index (κ2) is 8.63. The van der Waals surface area contributed by atoms with Crippen LogP contribution in [0.15, 0.2) is 85.3 Å². The van der Waals surface area contributed by atoms with Gasteiger partial charge in [0.1, 0.15) is 11.5 Å². The highest BCUT2D eigenvalue weighted by Gasteiger charge is 2.27. The van der Waals surface area contributed by atoms with Gasteiger partial charge in [0.15, 0.2) is 0 Å². The number of amides is 1. The molecule has 4 aromatic rings. The molecule has 0 spiro atoms. The van der Waals surface area contributed by atoms with Crippen molar-refractivity contribution in [2.24, 2.45) is 0 Å². The molecule has 1 amide bonds. The van der Waals surface area contributed by atoms with Crippen molar-refractivity contribution in [2.75, 3.05) is 31.1 Å².